The van der Waals surface area contributed by atoms with Crippen LogP contribution in [0, 0.1) is 18.6 Å². The standard InChI is InChI=1S/C33H28F2N2O3/c1-19-5-8-22(35)15-28(19)37-18-26-24(13-14-27-31(26)29(37)17-33(2,3)36-27)25-12-11-23(16-30(25)39-4)40-32(38)20-6-9-21(34)10-7-20/h5-17,36H,18H2,1-4H3. The minimum atomic E-state index is -0.591. The van der Waals surface area contributed by atoms with E-state index in [1.54, 1.807) is 31.4 Å². The number of carbonyl (C=O) groups is 1. The third-order valence-corrected chi connectivity index (χ3v) is 7.35. The van der Waals surface area contributed by atoms with Crippen LogP contribution in [0.3, 0.4) is 0 Å². The molecule has 40 heavy (non-hydrogen) atoms. The molecule has 0 radical (unpaired) electrons. The zero-order valence-electron chi connectivity index (χ0n) is 22.6. The third kappa shape index (κ3) is 4.47. The molecule has 0 amide bonds. The largest absolute Gasteiger partial charge is 0.496 e. The van der Waals surface area contributed by atoms with Gasteiger partial charge in [0.15, 0.2) is 0 Å². The Kier molecular flexibility index (Phi) is 6.10. The summed E-state index contributed by atoms with van der Waals surface area (Å²) in [6.45, 7) is 6.76. The molecule has 6 rings (SSSR count). The van der Waals surface area contributed by atoms with Crippen molar-refractivity contribution in [1.29, 1.82) is 0 Å². The summed E-state index contributed by atoms with van der Waals surface area (Å²) in [6, 6.07) is 19.4. The van der Waals surface area contributed by atoms with E-state index in [-0.39, 0.29) is 16.9 Å². The van der Waals surface area contributed by atoms with Gasteiger partial charge in [0.2, 0.25) is 0 Å². The zero-order valence-corrected chi connectivity index (χ0v) is 22.6. The van der Waals surface area contributed by atoms with Crippen LogP contribution in [-0.4, -0.2) is 18.6 Å². The smallest absolute Gasteiger partial charge is 0.343 e. The molecule has 1 N–H and O–H groups in total. The molecule has 0 atom stereocenters. The number of rotatable bonds is 5. The second-order valence-corrected chi connectivity index (χ2v) is 10.7. The number of halogens is 2. The van der Waals surface area contributed by atoms with E-state index in [2.05, 4.69) is 42.3 Å². The minimum Gasteiger partial charge on any atom is -0.496 e. The lowest BCUT2D eigenvalue weighted by molar-refractivity contribution is 0.0734. The molecule has 202 valence electrons. The van der Waals surface area contributed by atoms with Crippen LogP contribution in [0.5, 0.6) is 11.5 Å². The lowest BCUT2D eigenvalue weighted by Gasteiger charge is -2.33. The molecule has 2 aliphatic heterocycles. The van der Waals surface area contributed by atoms with E-state index in [9.17, 15) is 13.6 Å². The minimum absolute atomic E-state index is 0.245. The average Bonchev–Trinajstić information content (AvgIpc) is 3.29. The van der Waals surface area contributed by atoms with E-state index in [0.717, 1.165) is 44.9 Å². The summed E-state index contributed by atoms with van der Waals surface area (Å²) in [4.78, 5) is 14.8. The molecule has 2 aliphatic rings. The number of carbonyl (C=O) groups excluding carboxylic acids is 1. The average molecular weight is 539 g/mol. The number of nitrogens with zero attached hydrogens (tertiary/aromatic N) is 1. The third-order valence-electron chi connectivity index (χ3n) is 7.35. The molecule has 0 spiro atoms. The maximum absolute atomic E-state index is 14.4. The van der Waals surface area contributed by atoms with Gasteiger partial charge in [0, 0.05) is 40.8 Å². The predicted octanol–water partition coefficient (Wildman–Crippen LogP) is 7.73. The van der Waals surface area contributed by atoms with E-state index < -0.39 is 11.8 Å². The van der Waals surface area contributed by atoms with Crippen molar-refractivity contribution in [3.8, 4) is 22.6 Å². The highest BCUT2D eigenvalue weighted by Gasteiger charge is 2.37. The molecule has 0 aromatic heterocycles. The number of anilines is 2. The number of esters is 1. The number of hydrogen-bond acceptors (Lipinski definition) is 5. The Morgan fingerprint density at radius 2 is 1.65 bits per heavy atom. The summed E-state index contributed by atoms with van der Waals surface area (Å²) >= 11 is 0. The number of benzene rings is 4. The number of aryl methyl sites for hydroxylation is 1. The van der Waals surface area contributed by atoms with Gasteiger partial charge in [-0.3, -0.25) is 0 Å². The Morgan fingerprint density at radius 3 is 2.40 bits per heavy atom. The number of nitrogens with one attached hydrogen (secondary N) is 1. The van der Waals surface area contributed by atoms with Crippen molar-refractivity contribution >= 4 is 23.0 Å². The van der Waals surface area contributed by atoms with Gasteiger partial charge >= 0.3 is 5.97 Å². The fourth-order valence-corrected chi connectivity index (χ4v) is 5.51. The Hall–Kier alpha value is -4.65. The van der Waals surface area contributed by atoms with Gasteiger partial charge in [0.1, 0.15) is 23.1 Å². The van der Waals surface area contributed by atoms with Gasteiger partial charge < -0.3 is 19.7 Å². The Morgan fingerprint density at radius 1 is 0.925 bits per heavy atom. The Balaban J connectivity index is 1.41. The van der Waals surface area contributed by atoms with E-state index in [1.807, 2.05) is 13.0 Å². The molecular formula is C33H28F2N2O3. The molecule has 7 heteroatoms. The lowest BCUT2D eigenvalue weighted by atomic mass is 9.89. The first-order valence-corrected chi connectivity index (χ1v) is 13.0. The Bertz CT molecular complexity index is 1690. The van der Waals surface area contributed by atoms with Crippen LogP contribution in [-0.2, 0) is 6.54 Å². The fraction of sp³-hybridized carbons (Fsp3) is 0.182. The molecule has 0 saturated heterocycles. The first-order valence-electron chi connectivity index (χ1n) is 13.0. The molecule has 0 saturated carbocycles. The van der Waals surface area contributed by atoms with Gasteiger partial charge in [-0.25, -0.2) is 13.6 Å². The molecule has 2 heterocycles. The number of ether oxygens (including phenoxy) is 2. The summed E-state index contributed by atoms with van der Waals surface area (Å²) in [5.41, 5.74) is 7.79. The summed E-state index contributed by atoms with van der Waals surface area (Å²) in [6.07, 6.45) is 2.19. The molecule has 0 aliphatic carbocycles. The van der Waals surface area contributed by atoms with Gasteiger partial charge in [0.05, 0.1) is 18.2 Å². The summed E-state index contributed by atoms with van der Waals surface area (Å²) in [5, 5.41) is 3.61. The molecule has 4 aromatic rings. The molecule has 0 unspecified atom stereocenters. The van der Waals surface area contributed by atoms with Crippen LogP contribution in [0.4, 0.5) is 20.2 Å². The predicted molar refractivity (Wildman–Crippen MR) is 153 cm³/mol. The summed E-state index contributed by atoms with van der Waals surface area (Å²) in [5.74, 6) is -0.449. The van der Waals surface area contributed by atoms with Crippen LogP contribution in [0.2, 0.25) is 0 Å². The van der Waals surface area contributed by atoms with Crippen molar-refractivity contribution in [1.82, 2.24) is 0 Å². The van der Waals surface area contributed by atoms with E-state index in [0.29, 0.717) is 18.0 Å². The molecular weight excluding hydrogens is 510 g/mol. The normalized spacial score (nSPS) is 14.8. The molecule has 5 nitrogen and oxygen atoms in total. The van der Waals surface area contributed by atoms with Crippen LogP contribution in [0.1, 0.15) is 40.9 Å². The van der Waals surface area contributed by atoms with Crippen LogP contribution in [0.15, 0.2) is 78.9 Å². The quantitative estimate of drug-likeness (QED) is 0.208. The van der Waals surface area contributed by atoms with Gasteiger partial charge in [-0.15, -0.1) is 0 Å². The van der Waals surface area contributed by atoms with Crippen molar-refractivity contribution in [3.05, 3.63) is 113 Å². The topological polar surface area (TPSA) is 50.8 Å². The first kappa shape index (κ1) is 25.6. The molecule has 0 bridgehead atoms. The number of methoxy groups -OCH3 is 1. The van der Waals surface area contributed by atoms with Crippen molar-refractivity contribution in [2.75, 3.05) is 17.3 Å². The van der Waals surface area contributed by atoms with Crippen molar-refractivity contribution in [3.63, 3.8) is 0 Å². The lowest BCUT2D eigenvalue weighted by Crippen LogP contribution is -2.33. The van der Waals surface area contributed by atoms with E-state index in [4.69, 9.17) is 9.47 Å². The SMILES string of the molecule is COc1cc(OC(=O)c2ccc(F)cc2)ccc1-c1ccc2c3c1CN(c1cc(F)ccc1C)C3=CC(C)(C)N2. The Labute approximate surface area is 231 Å². The second kappa shape index (κ2) is 9.52. The first-order chi connectivity index (χ1) is 19.1. The second-order valence-electron chi connectivity index (χ2n) is 10.7. The van der Waals surface area contributed by atoms with Crippen LogP contribution in [0.25, 0.3) is 16.8 Å². The van der Waals surface area contributed by atoms with Gasteiger partial charge in [-0.2, -0.15) is 0 Å². The maximum atomic E-state index is 14.4. The summed E-state index contributed by atoms with van der Waals surface area (Å²) in [7, 11) is 1.57. The van der Waals surface area contributed by atoms with Crippen molar-refractivity contribution in [2.24, 2.45) is 0 Å². The van der Waals surface area contributed by atoms with Gasteiger partial charge in [-0.05, 0) is 98.1 Å². The summed E-state index contributed by atoms with van der Waals surface area (Å²) < 4.78 is 38.9. The molecule has 0 fully saturated rings. The maximum Gasteiger partial charge on any atom is 0.343 e. The van der Waals surface area contributed by atoms with Gasteiger partial charge in [-0.1, -0.05) is 12.1 Å². The van der Waals surface area contributed by atoms with Crippen LogP contribution < -0.4 is 19.7 Å². The zero-order chi connectivity index (χ0) is 28.2. The van der Waals surface area contributed by atoms with E-state index in [1.165, 1.54) is 30.3 Å². The molecule has 4 aromatic carbocycles. The van der Waals surface area contributed by atoms with Crippen LogP contribution >= 0.6 is 0 Å². The van der Waals surface area contributed by atoms with Crippen molar-refractivity contribution in [2.45, 2.75) is 32.9 Å². The van der Waals surface area contributed by atoms with Crippen molar-refractivity contribution < 1.29 is 23.0 Å². The number of hydrogen-bond donors (Lipinski definition) is 1. The monoisotopic (exact) mass is 538 g/mol. The highest BCUT2D eigenvalue weighted by atomic mass is 19.1. The highest BCUT2D eigenvalue weighted by Crippen LogP contribution is 2.50. The van der Waals surface area contributed by atoms with E-state index >= 15 is 0 Å². The highest BCUT2D eigenvalue weighted by molar-refractivity contribution is 5.98. The fourth-order valence-electron chi connectivity index (χ4n) is 5.51. The van der Waals surface area contributed by atoms with Gasteiger partial charge in [0.25, 0.3) is 0 Å².